The Morgan fingerprint density at radius 2 is 2.33 bits per heavy atom. The Balaban J connectivity index is 2.32. The molecular formula is C6H14N2S. The van der Waals surface area contributed by atoms with Gasteiger partial charge in [0, 0.05) is 24.4 Å². The van der Waals surface area contributed by atoms with Gasteiger partial charge < -0.3 is 10.6 Å². The summed E-state index contributed by atoms with van der Waals surface area (Å²) in [5, 5.41) is 7.40. The predicted octanol–water partition coefficient (Wildman–Crippen LogP) is -0.0908. The van der Waals surface area contributed by atoms with Crippen molar-refractivity contribution in [2.24, 2.45) is 0 Å². The third-order valence-electron chi connectivity index (χ3n) is 1.83. The molecule has 3 heteroatoms. The smallest absolute Gasteiger partial charge is 0.0335 e. The summed E-state index contributed by atoms with van der Waals surface area (Å²) in [7, 11) is 2.03. The Labute approximate surface area is 60.8 Å². The van der Waals surface area contributed by atoms with Crippen LogP contribution < -0.4 is 10.6 Å². The van der Waals surface area contributed by atoms with Crippen LogP contribution in [0.5, 0.6) is 0 Å². The van der Waals surface area contributed by atoms with Crippen molar-refractivity contribution in [3.8, 4) is 0 Å². The van der Waals surface area contributed by atoms with Crippen molar-refractivity contribution in [1.29, 1.82) is 0 Å². The van der Waals surface area contributed by atoms with E-state index in [1.807, 2.05) is 18.8 Å². The van der Waals surface area contributed by atoms with Gasteiger partial charge in [-0.25, -0.2) is 0 Å². The molecule has 0 unspecified atom stereocenters. The molecule has 0 aromatic rings. The highest BCUT2D eigenvalue weighted by Crippen LogP contribution is 2.13. The molecule has 0 amide bonds. The quantitative estimate of drug-likeness (QED) is 0.569. The second-order valence-electron chi connectivity index (χ2n) is 2.33. The van der Waals surface area contributed by atoms with Gasteiger partial charge >= 0.3 is 0 Å². The van der Waals surface area contributed by atoms with Crippen molar-refractivity contribution < 1.29 is 0 Å². The summed E-state index contributed by atoms with van der Waals surface area (Å²) in [5.74, 6) is 0. The molecule has 0 bridgehead atoms. The van der Waals surface area contributed by atoms with E-state index in [2.05, 4.69) is 16.9 Å². The van der Waals surface area contributed by atoms with Gasteiger partial charge in [0.2, 0.25) is 0 Å². The fraction of sp³-hybridized carbons (Fsp3) is 1.00. The molecule has 0 spiro atoms. The largest absolute Gasteiger partial charge is 0.315 e. The minimum absolute atomic E-state index is 0.681. The van der Waals surface area contributed by atoms with Crippen LogP contribution in [0.15, 0.2) is 0 Å². The molecule has 1 saturated heterocycles. The SMILES string of the molecule is CN[C@@H]1CNC[C@H]1SC. The molecule has 9 heavy (non-hydrogen) atoms. The average Bonchev–Trinajstić information content (AvgIpc) is 2.33. The highest BCUT2D eigenvalue weighted by Gasteiger charge is 2.23. The Morgan fingerprint density at radius 3 is 2.78 bits per heavy atom. The van der Waals surface area contributed by atoms with Crippen molar-refractivity contribution in [3.05, 3.63) is 0 Å². The number of likely N-dealkylation sites (N-methyl/N-ethyl adjacent to an activating group) is 1. The van der Waals surface area contributed by atoms with Gasteiger partial charge in [-0.05, 0) is 13.3 Å². The van der Waals surface area contributed by atoms with Crippen LogP contribution >= 0.6 is 11.8 Å². The Bertz CT molecular complexity index is 77.1. The normalized spacial score (nSPS) is 35.3. The summed E-state index contributed by atoms with van der Waals surface area (Å²) in [6.45, 7) is 2.29. The van der Waals surface area contributed by atoms with Gasteiger partial charge in [0.05, 0.1) is 0 Å². The first kappa shape index (κ1) is 7.38. The molecule has 1 aliphatic heterocycles. The van der Waals surface area contributed by atoms with Crippen molar-refractivity contribution in [1.82, 2.24) is 10.6 Å². The summed E-state index contributed by atoms with van der Waals surface area (Å²) in [5.41, 5.74) is 0. The van der Waals surface area contributed by atoms with Crippen molar-refractivity contribution in [2.45, 2.75) is 11.3 Å². The Morgan fingerprint density at radius 1 is 1.56 bits per heavy atom. The predicted molar refractivity (Wildman–Crippen MR) is 43.0 cm³/mol. The molecule has 0 aliphatic carbocycles. The number of nitrogens with one attached hydrogen (secondary N) is 2. The molecule has 0 aromatic heterocycles. The number of rotatable bonds is 2. The van der Waals surface area contributed by atoms with E-state index >= 15 is 0 Å². The van der Waals surface area contributed by atoms with E-state index in [1.165, 1.54) is 0 Å². The van der Waals surface area contributed by atoms with Gasteiger partial charge in [-0.3, -0.25) is 0 Å². The van der Waals surface area contributed by atoms with Crippen LogP contribution in [0.4, 0.5) is 0 Å². The molecule has 2 nitrogen and oxygen atoms in total. The number of hydrogen-bond acceptors (Lipinski definition) is 3. The fourth-order valence-corrected chi connectivity index (χ4v) is 2.04. The maximum atomic E-state index is 3.34. The van der Waals surface area contributed by atoms with E-state index in [-0.39, 0.29) is 0 Å². The van der Waals surface area contributed by atoms with Gasteiger partial charge in [-0.15, -0.1) is 0 Å². The zero-order chi connectivity index (χ0) is 6.69. The highest BCUT2D eigenvalue weighted by atomic mass is 32.2. The lowest BCUT2D eigenvalue weighted by molar-refractivity contribution is 0.620. The van der Waals surface area contributed by atoms with Crippen LogP contribution in [0, 0.1) is 0 Å². The maximum Gasteiger partial charge on any atom is 0.0335 e. The van der Waals surface area contributed by atoms with Crippen molar-refractivity contribution in [2.75, 3.05) is 26.4 Å². The lowest BCUT2D eigenvalue weighted by Crippen LogP contribution is -2.34. The summed E-state index contributed by atoms with van der Waals surface area (Å²) < 4.78 is 0. The first-order valence-electron chi connectivity index (χ1n) is 3.29. The van der Waals surface area contributed by atoms with Crippen LogP contribution in [0.1, 0.15) is 0 Å². The molecule has 1 heterocycles. The van der Waals surface area contributed by atoms with E-state index in [1.54, 1.807) is 0 Å². The monoisotopic (exact) mass is 146 g/mol. The third kappa shape index (κ3) is 1.60. The van der Waals surface area contributed by atoms with E-state index in [0.717, 1.165) is 18.3 Å². The van der Waals surface area contributed by atoms with E-state index < -0.39 is 0 Å². The maximum absolute atomic E-state index is 3.34. The first-order chi connectivity index (χ1) is 4.38. The molecule has 1 rings (SSSR count). The van der Waals surface area contributed by atoms with Gasteiger partial charge in [0.15, 0.2) is 0 Å². The third-order valence-corrected chi connectivity index (χ3v) is 2.93. The van der Waals surface area contributed by atoms with Gasteiger partial charge in [-0.1, -0.05) is 0 Å². The first-order valence-corrected chi connectivity index (χ1v) is 4.58. The van der Waals surface area contributed by atoms with Gasteiger partial charge in [0.1, 0.15) is 0 Å². The van der Waals surface area contributed by atoms with E-state index in [4.69, 9.17) is 0 Å². The Hall–Kier alpha value is 0.270. The summed E-state index contributed by atoms with van der Waals surface area (Å²) >= 11 is 1.94. The van der Waals surface area contributed by atoms with Crippen LogP contribution in [-0.4, -0.2) is 37.7 Å². The van der Waals surface area contributed by atoms with Crippen LogP contribution in [0.2, 0.25) is 0 Å². The molecule has 0 radical (unpaired) electrons. The topological polar surface area (TPSA) is 24.1 Å². The number of hydrogen-bond donors (Lipinski definition) is 2. The second-order valence-corrected chi connectivity index (χ2v) is 3.40. The molecule has 1 fully saturated rings. The fourth-order valence-electron chi connectivity index (χ4n) is 1.19. The van der Waals surface area contributed by atoms with Crippen LogP contribution in [0.25, 0.3) is 0 Å². The molecule has 54 valence electrons. The molecule has 2 N–H and O–H groups in total. The van der Waals surface area contributed by atoms with Gasteiger partial charge in [0.25, 0.3) is 0 Å². The standard InChI is InChI=1S/C6H14N2S/c1-7-5-3-8-4-6(5)9-2/h5-8H,3-4H2,1-2H3/t5-,6-/m1/s1. The Kier molecular flexibility index (Phi) is 2.82. The molecule has 0 aromatic carbocycles. The second kappa shape index (κ2) is 3.44. The zero-order valence-electron chi connectivity index (χ0n) is 5.98. The molecule has 2 atom stereocenters. The molecule has 0 saturated carbocycles. The molecular weight excluding hydrogens is 132 g/mol. The van der Waals surface area contributed by atoms with Gasteiger partial charge in [-0.2, -0.15) is 11.8 Å². The zero-order valence-corrected chi connectivity index (χ0v) is 6.79. The van der Waals surface area contributed by atoms with Crippen LogP contribution in [0.3, 0.4) is 0 Å². The minimum atomic E-state index is 0.681. The van der Waals surface area contributed by atoms with Crippen molar-refractivity contribution in [3.63, 3.8) is 0 Å². The average molecular weight is 146 g/mol. The number of thioether (sulfide) groups is 1. The highest BCUT2D eigenvalue weighted by molar-refractivity contribution is 7.99. The van der Waals surface area contributed by atoms with Crippen LogP contribution in [-0.2, 0) is 0 Å². The minimum Gasteiger partial charge on any atom is -0.315 e. The lowest BCUT2D eigenvalue weighted by atomic mass is 10.3. The lowest BCUT2D eigenvalue weighted by Gasteiger charge is -2.14. The summed E-state index contributed by atoms with van der Waals surface area (Å²) in [4.78, 5) is 0. The van der Waals surface area contributed by atoms with E-state index in [0.29, 0.717) is 6.04 Å². The molecule has 1 aliphatic rings. The summed E-state index contributed by atoms with van der Waals surface area (Å²) in [6, 6.07) is 0.681. The van der Waals surface area contributed by atoms with Crippen molar-refractivity contribution >= 4 is 11.8 Å². The summed E-state index contributed by atoms with van der Waals surface area (Å²) in [6.07, 6.45) is 2.17. The van der Waals surface area contributed by atoms with E-state index in [9.17, 15) is 0 Å².